The number of likely N-dealkylation sites (tertiary alicyclic amines) is 1. The summed E-state index contributed by atoms with van der Waals surface area (Å²) in [6, 6.07) is 1.74. The maximum Gasteiger partial charge on any atom is 0.0101 e. The molecule has 88 valence electrons. The number of nitrogens with zero attached hydrogens (tertiary/aromatic N) is 1. The van der Waals surface area contributed by atoms with Gasteiger partial charge in [0.25, 0.3) is 0 Å². The number of nitrogens with one attached hydrogen (secondary N) is 1. The van der Waals surface area contributed by atoms with E-state index in [4.69, 9.17) is 0 Å². The van der Waals surface area contributed by atoms with Crippen LogP contribution < -0.4 is 5.32 Å². The summed E-state index contributed by atoms with van der Waals surface area (Å²) in [5, 5.41) is 3.51. The topological polar surface area (TPSA) is 15.3 Å². The standard InChI is InChI=1S/C13H26N2/c1-3-7-14-8-6-11(2)15-10-12-4-5-13(15)9-12/h11-14H,3-10H2,1-2H3. The maximum atomic E-state index is 3.51. The molecule has 1 saturated carbocycles. The van der Waals surface area contributed by atoms with Gasteiger partial charge in [0.1, 0.15) is 0 Å². The molecular weight excluding hydrogens is 184 g/mol. The first-order valence-corrected chi connectivity index (χ1v) is 6.77. The van der Waals surface area contributed by atoms with Gasteiger partial charge in [0.05, 0.1) is 0 Å². The Bertz CT molecular complexity index is 193. The summed E-state index contributed by atoms with van der Waals surface area (Å²) in [4.78, 5) is 2.77. The van der Waals surface area contributed by atoms with Crippen LogP contribution in [0.15, 0.2) is 0 Å². The number of fused-ring (bicyclic) bond motifs is 2. The van der Waals surface area contributed by atoms with E-state index in [-0.39, 0.29) is 0 Å². The highest BCUT2D eigenvalue weighted by molar-refractivity contribution is 4.94. The van der Waals surface area contributed by atoms with Crippen molar-refractivity contribution in [2.75, 3.05) is 19.6 Å². The van der Waals surface area contributed by atoms with Crippen molar-refractivity contribution in [3.05, 3.63) is 0 Å². The van der Waals surface area contributed by atoms with E-state index >= 15 is 0 Å². The van der Waals surface area contributed by atoms with Gasteiger partial charge in [-0.1, -0.05) is 6.92 Å². The van der Waals surface area contributed by atoms with Crippen LogP contribution in [0.4, 0.5) is 0 Å². The van der Waals surface area contributed by atoms with Gasteiger partial charge in [0.15, 0.2) is 0 Å². The Balaban J connectivity index is 1.65. The Kier molecular flexibility index (Phi) is 4.04. The predicted molar refractivity (Wildman–Crippen MR) is 65.1 cm³/mol. The number of piperidine rings is 1. The molecule has 1 heterocycles. The fourth-order valence-corrected chi connectivity index (χ4v) is 3.28. The minimum absolute atomic E-state index is 0.796. The molecule has 1 N–H and O–H groups in total. The minimum Gasteiger partial charge on any atom is -0.317 e. The van der Waals surface area contributed by atoms with Gasteiger partial charge in [-0.2, -0.15) is 0 Å². The van der Waals surface area contributed by atoms with E-state index in [0.717, 1.165) is 18.0 Å². The molecule has 0 radical (unpaired) electrons. The molecule has 2 fully saturated rings. The third-order valence-corrected chi connectivity index (χ3v) is 4.18. The molecule has 3 atom stereocenters. The van der Waals surface area contributed by atoms with Crippen LogP contribution in [0.25, 0.3) is 0 Å². The first-order valence-electron chi connectivity index (χ1n) is 6.77. The Morgan fingerprint density at radius 2 is 2.20 bits per heavy atom. The molecule has 1 saturated heterocycles. The van der Waals surface area contributed by atoms with Crippen molar-refractivity contribution in [3.63, 3.8) is 0 Å². The zero-order valence-electron chi connectivity index (χ0n) is 10.3. The van der Waals surface area contributed by atoms with E-state index in [1.54, 1.807) is 0 Å². The number of rotatable bonds is 6. The van der Waals surface area contributed by atoms with Crippen LogP contribution in [0.5, 0.6) is 0 Å². The van der Waals surface area contributed by atoms with Gasteiger partial charge in [-0.3, -0.25) is 4.90 Å². The van der Waals surface area contributed by atoms with Gasteiger partial charge in [-0.05, 0) is 58.0 Å². The van der Waals surface area contributed by atoms with E-state index in [1.165, 1.54) is 51.7 Å². The van der Waals surface area contributed by atoms with Crippen molar-refractivity contribution in [2.24, 2.45) is 5.92 Å². The lowest BCUT2D eigenvalue weighted by molar-refractivity contribution is 0.152. The van der Waals surface area contributed by atoms with E-state index < -0.39 is 0 Å². The molecule has 0 amide bonds. The summed E-state index contributed by atoms with van der Waals surface area (Å²) < 4.78 is 0. The molecule has 0 aromatic rings. The molecule has 2 nitrogen and oxygen atoms in total. The average molecular weight is 210 g/mol. The molecule has 15 heavy (non-hydrogen) atoms. The average Bonchev–Trinajstić information content (AvgIpc) is 2.85. The largest absolute Gasteiger partial charge is 0.317 e. The Morgan fingerprint density at radius 3 is 2.80 bits per heavy atom. The Morgan fingerprint density at radius 1 is 1.33 bits per heavy atom. The second kappa shape index (κ2) is 5.31. The van der Waals surface area contributed by atoms with E-state index in [9.17, 15) is 0 Å². The Hall–Kier alpha value is -0.0800. The van der Waals surface area contributed by atoms with Crippen LogP contribution in [-0.2, 0) is 0 Å². The summed E-state index contributed by atoms with van der Waals surface area (Å²) in [6.07, 6.45) is 7.04. The van der Waals surface area contributed by atoms with E-state index in [0.29, 0.717) is 0 Å². The molecule has 1 aliphatic carbocycles. The van der Waals surface area contributed by atoms with E-state index in [1.807, 2.05) is 0 Å². The smallest absolute Gasteiger partial charge is 0.0101 e. The van der Waals surface area contributed by atoms with Gasteiger partial charge < -0.3 is 5.32 Å². The normalized spacial score (nSPS) is 32.4. The molecule has 0 aromatic heterocycles. The zero-order valence-corrected chi connectivity index (χ0v) is 10.3. The SMILES string of the molecule is CCCNCCC(C)N1CC2CCC1C2. The van der Waals surface area contributed by atoms with E-state index in [2.05, 4.69) is 24.1 Å². The molecule has 2 rings (SSSR count). The zero-order chi connectivity index (χ0) is 10.7. The highest BCUT2D eigenvalue weighted by atomic mass is 15.2. The fourth-order valence-electron chi connectivity index (χ4n) is 3.28. The first-order chi connectivity index (χ1) is 7.31. The molecule has 3 unspecified atom stereocenters. The lowest BCUT2D eigenvalue weighted by Gasteiger charge is -2.32. The monoisotopic (exact) mass is 210 g/mol. The third kappa shape index (κ3) is 2.73. The van der Waals surface area contributed by atoms with Gasteiger partial charge >= 0.3 is 0 Å². The summed E-state index contributed by atoms with van der Waals surface area (Å²) in [7, 11) is 0. The molecule has 2 aliphatic rings. The predicted octanol–water partition coefficient (Wildman–Crippen LogP) is 2.25. The first kappa shape index (κ1) is 11.4. The summed E-state index contributed by atoms with van der Waals surface area (Å²) in [5.74, 6) is 1.04. The van der Waals surface area contributed by atoms with Gasteiger partial charge in [-0.25, -0.2) is 0 Å². The lowest BCUT2D eigenvalue weighted by Crippen LogP contribution is -2.40. The second-order valence-electron chi connectivity index (χ2n) is 5.42. The van der Waals surface area contributed by atoms with Crippen molar-refractivity contribution in [1.82, 2.24) is 10.2 Å². The number of hydrogen-bond donors (Lipinski definition) is 1. The van der Waals surface area contributed by atoms with Crippen LogP contribution in [0.2, 0.25) is 0 Å². The summed E-state index contributed by atoms with van der Waals surface area (Å²) in [5.41, 5.74) is 0. The Labute approximate surface area is 94.4 Å². The maximum absolute atomic E-state index is 3.51. The van der Waals surface area contributed by atoms with Crippen LogP contribution in [0.3, 0.4) is 0 Å². The quantitative estimate of drug-likeness (QED) is 0.676. The molecular formula is C13H26N2. The van der Waals surface area contributed by atoms with Crippen LogP contribution in [0.1, 0.15) is 46.0 Å². The highest BCUT2D eigenvalue weighted by Gasteiger charge is 2.39. The van der Waals surface area contributed by atoms with Crippen LogP contribution in [0, 0.1) is 5.92 Å². The summed E-state index contributed by atoms with van der Waals surface area (Å²) >= 11 is 0. The molecule has 2 bridgehead atoms. The van der Waals surface area contributed by atoms with Crippen molar-refractivity contribution in [3.8, 4) is 0 Å². The van der Waals surface area contributed by atoms with Crippen LogP contribution in [-0.4, -0.2) is 36.6 Å². The third-order valence-electron chi connectivity index (χ3n) is 4.18. The molecule has 0 spiro atoms. The van der Waals surface area contributed by atoms with Gasteiger partial charge in [0, 0.05) is 18.6 Å². The molecule has 2 heteroatoms. The fraction of sp³-hybridized carbons (Fsp3) is 1.00. The van der Waals surface area contributed by atoms with Crippen molar-refractivity contribution in [1.29, 1.82) is 0 Å². The number of hydrogen-bond acceptors (Lipinski definition) is 2. The lowest BCUT2D eigenvalue weighted by atomic mass is 10.1. The highest BCUT2D eigenvalue weighted by Crippen LogP contribution is 2.38. The van der Waals surface area contributed by atoms with Crippen LogP contribution >= 0.6 is 0 Å². The van der Waals surface area contributed by atoms with Crippen molar-refractivity contribution < 1.29 is 0 Å². The summed E-state index contributed by atoms with van der Waals surface area (Å²) in [6.45, 7) is 8.41. The molecule has 0 aromatic carbocycles. The van der Waals surface area contributed by atoms with Crippen molar-refractivity contribution in [2.45, 2.75) is 58.0 Å². The minimum atomic E-state index is 0.796. The second-order valence-corrected chi connectivity index (χ2v) is 5.42. The van der Waals surface area contributed by atoms with Gasteiger partial charge in [-0.15, -0.1) is 0 Å². The van der Waals surface area contributed by atoms with Gasteiger partial charge in [0.2, 0.25) is 0 Å². The molecule has 1 aliphatic heterocycles. The van der Waals surface area contributed by atoms with Crippen molar-refractivity contribution >= 4 is 0 Å².